The van der Waals surface area contributed by atoms with E-state index in [0.717, 1.165) is 35.0 Å². The Balaban J connectivity index is 1.50. The average Bonchev–Trinajstić information content (AvgIpc) is 3.53. The first-order chi connectivity index (χ1) is 17.5. The molecule has 1 amide bonds. The van der Waals surface area contributed by atoms with Gasteiger partial charge in [0.05, 0.1) is 5.52 Å². The second kappa shape index (κ2) is 10.6. The molecule has 0 bridgehead atoms. The van der Waals surface area contributed by atoms with Crippen LogP contribution in [-0.4, -0.2) is 60.1 Å². The van der Waals surface area contributed by atoms with Gasteiger partial charge in [0.15, 0.2) is 0 Å². The molecule has 0 saturated carbocycles. The highest BCUT2D eigenvalue weighted by molar-refractivity contribution is 7.17. The summed E-state index contributed by atoms with van der Waals surface area (Å²) >= 11 is 1.63. The van der Waals surface area contributed by atoms with Gasteiger partial charge < -0.3 is 20.3 Å². The Morgan fingerprint density at radius 2 is 2.14 bits per heavy atom. The molecule has 2 aromatic heterocycles. The number of hydrogen-bond acceptors (Lipinski definition) is 7. The van der Waals surface area contributed by atoms with Crippen molar-refractivity contribution in [2.75, 3.05) is 38.6 Å². The minimum Gasteiger partial charge on any atom is -0.462 e. The molecule has 0 unspecified atom stereocenters. The molecule has 0 spiro atoms. The van der Waals surface area contributed by atoms with Crippen molar-refractivity contribution >= 4 is 44.1 Å². The molecule has 1 aliphatic heterocycles. The number of carbonyl (C=O) groups excluding carboxylic acids is 1. The molecule has 1 saturated heterocycles. The fourth-order valence-electron chi connectivity index (χ4n) is 4.56. The van der Waals surface area contributed by atoms with Gasteiger partial charge >= 0.3 is 6.01 Å². The van der Waals surface area contributed by atoms with E-state index in [1.54, 1.807) is 17.4 Å². The minimum atomic E-state index is -0.353. The topological polar surface area (TPSA) is 79.4 Å². The minimum absolute atomic E-state index is 0.242. The van der Waals surface area contributed by atoms with Crippen molar-refractivity contribution in [3.05, 3.63) is 60.3 Å². The van der Waals surface area contributed by atoms with Crippen LogP contribution in [0.1, 0.15) is 12.8 Å². The van der Waals surface area contributed by atoms with Gasteiger partial charge in [-0.3, -0.25) is 4.79 Å². The highest BCUT2D eigenvalue weighted by atomic mass is 32.1. The summed E-state index contributed by atoms with van der Waals surface area (Å²) in [6.07, 6.45) is 3.43. The van der Waals surface area contributed by atoms with E-state index in [-0.39, 0.29) is 17.7 Å². The number of likely N-dealkylation sites (tertiary alicyclic amines) is 1. The Bertz CT molecular complexity index is 1420. The lowest BCUT2D eigenvalue weighted by Crippen LogP contribution is -2.31. The number of carbonyl (C=O) groups is 1. The zero-order chi connectivity index (χ0) is 25.1. The Labute approximate surface area is 213 Å². The number of anilines is 1. The molecule has 3 heterocycles. The molecule has 7 nitrogen and oxygen atoms in total. The number of fused-ring (bicyclic) bond motifs is 2. The number of nitrogens with one attached hydrogen (secondary N) is 2. The quantitative estimate of drug-likeness (QED) is 0.250. The maximum Gasteiger partial charge on any atom is 0.318 e. The molecule has 1 atom stereocenters. The molecule has 1 aliphatic rings. The second-order valence-electron chi connectivity index (χ2n) is 8.85. The van der Waals surface area contributed by atoms with Crippen LogP contribution in [0.2, 0.25) is 0 Å². The number of benzene rings is 2. The predicted octanol–water partition coefficient (Wildman–Crippen LogP) is 4.84. The van der Waals surface area contributed by atoms with Crippen LogP contribution >= 0.6 is 11.3 Å². The summed E-state index contributed by atoms with van der Waals surface area (Å²) < 4.78 is 22.6. The summed E-state index contributed by atoms with van der Waals surface area (Å²) in [4.78, 5) is 22.9. The Morgan fingerprint density at radius 1 is 1.25 bits per heavy atom. The Kier molecular flexibility index (Phi) is 7.11. The first kappa shape index (κ1) is 24.1. The fourth-order valence-corrected chi connectivity index (χ4v) is 5.37. The molecule has 2 N–H and O–H groups in total. The number of likely N-dealkylation sites (N-methyl/N-ethyl adjacent to an activating group) is 1. The van der Waals surface area contributed by atoms with Crippen molar-refractivity contribution in [2.24, 2.45) is 0 Å². The highest BCUT2D eigenvalue weighted by Crippen LogP contribution is 2.36. The van der Waals surface area contributed by atoms with E-state index in [0.29, 0.717) is 48.0 Å². The van der Waals surface area contributed by atoms with Crippen LogP contribution in [0.3, 0.4) is 0 Å². The predicted molar refractivity (Wildman–Crippen MR) is 143 cm³/mol. The van der Waals surface area contributed by atoms with Gasteiger partial charge in [-0.15, -0.1) is 11.3 Å². The van der Waals surface area contributed by atoms with Gasteiger partial charge in [0.2, 0.25) is 5.91 Å². The first-order valence-corrected chi connectivity index (χ1v) is 12.9. The average molecular weight is 506 g/mol. The fraction of sp³-hybridized carbons (Fsp3) is 0.296. The van der Waals surface area contributed by atoms with Crippen LogP contribution in [0.25, 0.3) is 32.1 Å². The van der Waals surface area contributed by atoms with E-state index < -0.39 is 0 Å². The van der Waals surface area contributed by atoms with Crippen LogP contribution in [0.4, 0.5) is 10.2 Å². The molecule has 186 valence electrons. The highest BCUT2D eigenvalue weighted by Gasteiger charge is 2.22. The SMILES string of the molecule is C=CC(=O)NCCNc1nc(OC[C@@H]2CCCN2C)nc2cc(-c3cccc4sccc34)c(F)cc12. The molecular weight excluding hydrogens is 477 g/mol. The largest absolute Gasteiger partial charge is 0.462 e. The standard InChI is InChI=1S/C27H28FN5O2S/c1-3-25(34)29-10-11-30-26-21-14-22(28)20(18-7-4-8-24-19(18)9-13-36-24)15-23(21)31-27(32-26)35-16-17-6-5-12-33(17)2/h3-4,7-9,13-15,17H,1,5-6,10-12,16H2,2H3,(H,29,34)(H,30,31,32)/t17-/m0/s1. The number of halogens is 1. The lowest BCUT2D eigenvalue weighted by Gasteiger charge is -2.19. The van der Waals surface area contributed by atoms with E-state index >= 15 is 4.39 Å². The van der Waals surface area contributed by atoms with E-state index in [1.807, 2.05) is 29.6 Å². The summed E-state index contributed by atoms with van der Waals surface area (Å²) in [7, 11) is 2.09. The van der Waals surface area contributed by atoms with Gasteiger partial charge in [-0.2, -0.15) is 9.97 Å². The smallest absolute Gasteiger partial charge is 0.318 e. The summed E-state index contributed by atoms with van der Waals surface area (Å²) in [6, 6.07) is 11.7. The van der Waals surface area contributed by atoms with Crippen LogP contribution < -0.4 is 15.4 Å². The van der Waals surface area contributed by atoms with Gasteiger partial charge in [0.1, 0.15) is 18.2 Å². The van der Waals surface area contributed by atoms with Crippen LogP contribution in [0, 0.1) is 5.82 Å². The molecule has 1 fully saturated rings. The number of ether oxygens (including phenoxy) is 1. The summed E-state index contributed by atoms with van der Waals surface area (Å²) in [5.41, 5.74) is 1.89. The van der Waals surface area contributed by atoms with Gasteiger partial charge in [0.25, 0.3) is 0 Å². The molecule has 2 aromatic carbocycles. The number of nitrogens with zero attached hydrogens (tertiary/aromatic N) is 3. The van der Waals surface area contributed by atoms with E-state index in [2.05, 4.69) is 39.1 Å². The third-order valence-corrected chi connectivity index (χ3v) is 7.41. The zero-order valence-electron chi connectivity index (χ0n) is 20.1. The Morgan fingerprint density at radius 3 is 2.94 bits per heavy atom. The van der Waals surface area contributed by atoms with Crippen LogP contribution in [0.5, 0.6) is 6.01 Å². The summed E-state index contributed by atoms with van der Waals surface area (Å²) in [6.45, 7) is 5.74. The normalized spacial score (nSPS) is 15.9. The number of thiophene rings is 1. The molecule has 36 heavy (non-hydrogen) atoms. The van der Waals surface area contributed by atoms with Crippen molar-refractivity contribution in [3.63, 3.8) is 0 Å². The van der Waals surface area contributed by atoms with E-state index in [9.17, 15) is 4.79 Å². The first-order valence-electron chi connectivity index (χ1n) is 12.0. The van der Waals surface area contributed by atoms with Crippen molar-refractivity contribution < 1.29 is 13.9 Å². The molecule has 0 radical (unpaired) electrons. The van der Waals surface area contributed by atoms with Crippen LogP contribution in [0.15, 0.2) is 54.4 Å². The van der Waals surface area contributed by atoms with Crippen molar-refractivity contribution in [3.8, 4) is 17.1 Å². The maximum absolute atomic E-state index is 15.5. The van der Waals surface area contributed by atoms with Gasteiger partial charge in [-0.05, 0) is 67.7 Å². The van der Waals surface area contributed by atoms with Gasteiger partial charge in [0, 0.05) is 40.2 Å². The number of hydrogen-bond donors (Lipinski definition) is 2. The zero-order valence-corrected chi connectivity index (χ0v) is 20.9. The third-order valence-electron chi connectivity index (χ3n) is 6.53. The monoisotopic (exact) mass is 505 g/mol. The lowest BCUT2D eigenvalue weighted by molar-refractivity contribution is -0.116. The van der Waals surface area contributed by atoms with E-state index in [1.165, 1.54) is 12.1 Å². The molecule has 9 heteroatoms. The van der Waals surface area contributed by atoms with Crippen molar-refractivity contribution in [1.29, 1.82) is 0 Å². The molecule has 4 aromatic rings. The Hall–Kier alpha value is -3.56. The number of aromatic nitrogens is 2. The maximum atomic E-state index is 15.5. The molecular formula is C27H28FN5O2S. The van der Waals surface area contributed by atoms with E-state index in [4.69, 9.17) is 4.74 Å². The van der Waals surface area contributed by atoms with Crippen LogP contribution in [-0.2, 0) is 4.79 Å². The molecule has 0 aliphatic carbocycles. The summed E-state index contributed by atoms with van der Waals surface area (Å²) in [5, 5.41) is 9.48. The van der Waals surface area contributed by atoms with Crippen molar-refractivity contribution in [2.45, 2.75) is 18.9 Å². The number of amides is 1. The molecule has 5 rings (SSSR count). The lowest BCUT2D eigenvalue weighted by atomic mass is 10.00. The third kappa shape index (κ3) is 5.03. The second-order valence-corrected chi connectivity index (χ2v) is 9.80. The van der Waals surface area contributed by atoms with Gasteiger partial charge in [-0.1, -0.05) is 18.7 Å². The summed E-state index contributed by atoms with van der Waals surface area (Å²) in [5.74, 6) is -0.150. The van der Waals surface area contributed by atoms with Crippen molar-refractivity contribution in [1.82, 2.24) is 20.2 Å². The number of rotatable bonds is 9. The van der Waals surface area contributed by atoms with Gasteiger partial charge in [-0.25, -0.2) is 4.39 Å².